The Kier molecular flexibility index (Phi) is 7.08. The number of rotatable bonds is 5. The van der Waals surface area contributed by atoms with Crippen molar-refractivity contribution in [3.8, 4) is 33.4 Å². The molecular formula is C49H34BrN. The molecule has 242 valence electrons. The zero-order valence-electron chi connectivity index (χ0n) is 28.0. The molecule has 0 saturated carbocycles. The van der Waals surface area contributed by atoms with Crippen molar-refractivity contribution in [1.82, 2.24) is 0 Å². The summed E-state index contributed by atoms with van der Waals surface area (Å²) in [6.45, 7) is 0. The second-order valence-corrected chi connectivity index (χ2v) is 14.6. The van der Waals surface area contributed by atoms with Gasteiger partial charge < -0.3 is 4.90 Å². The Bertz CT molecular complexity index is 2490. The summed E-state index contributed by atoms with van der Waals surface area (Å²) in [6, 6.07) is 62.8. The molecule has 1 unspecified atom stereocenters. The van der Waals surface area contributed by atoms with Crippen molar-refractivity contribution < 1.29 is 0 Å². The van der Waals surface area contributed by atoms with Crippen LogP contribution >= 0.6 is 15.9 Å². The molecule has 10 rings (SSSR count). The van der Waals surface area contributed by atoms with Crippen molar-refractivity contribution in [3.05, 3.63) is 226 Å². The Morgan fingerprint density at radius 2 is 1.18 bits per heavy atom. The van der Waals surface area contributed by atoms with Crippen LogP contribution in [0.1, 0.15) is 40.2 Å². The highest BCUT2D eigenvalue weighted by Gasteiger charge is 2.46. The number of nitrogens with zero attached hydrogens (tertiary/aromatic N) is 1. The van der Waals surface area contributed by atoms with Gasteiger partial charge in [-0.2, -0.15) is 0 Å². The van der Waals surface area contributed by atoms with Gasteiger partial charge in [0.05, 0.1) is 11.1 Å². The van der Waals surface area contributed by atoms with Crippen molar-refractivity contribution in [2.75, 3.05) is 4.90 Å². The Morgan fingerprint density at radius 1 is 0.529 bits per heavy atom. The van der Waals surface area contributed by atoms with Crippen LogP contribution in [0.15, 0.2) is 198 Å². The van der Waals surface area contributed by atoms with E-state index in [0.29, 0.717) is 5.92 Å². The van der Waals surface area contributed by atoms with Gasteiger partial charge in [-0.15, -0.1) is 0 Å². The fourth-order valence-electron chi connectivity index (χ4n) is 8.98. The van der Waals surface area contributed by atoms with E-state index in [4.69, 9.17) is 0 Å². The van der Waals surface area contributed by atoms with Gasteiger partial charge in [-0.1, -0.05) is 168 Å². The molecule has 1 nitrogen and oxygen atoms in total. The molecule has 0 amide bonds. The van der Waals surface area contributed by atoms with E-state index in [2.05, 4.69) is 209 Å². The molecule has 7 aromatic carbocycles. The van der Waals surface area contributed by atoms with Crippen molar-refractivity contribution in [2.24, 2.45) is 0 Å². The van der Waals surface area contributed by atoms with Crippen LogP contribution in [0.5, 0.6) is 0 Å². The third-order valence-corrected chi connectivity index (χ3v) is 11.6. The number of fused-ring (bicyclic) bond motifs is 6. The Labute approximate surface area is 308 Å². The summed E-state index contributed by atoms with van der Waals surface area (Å²) in [4.78, 5) is 2.53. The normalized spacial score (nSPS) is 16.2. The summed E-state index contributed by atoms with van der Waals surface area (Å²) in [5, 5.41) is 0. The van der Waals surface area contributed by atoms with Crippen LogP contribution in [0.2, 0.25) is 0 Å². The number of hydrogen-bond donors (Lipinski definition) is 0. The molecule has 1 atom stereocenters. The fourth-order valence-corrected chi connectivity index (χ4v) is 9.38. The lowest BCUT2D eigenvalue weighted by Crippen LogP contribution is -2.28. The summed E-state index contributed by atoms with van der Waals surface area (Å²) >= 11 is 3.70. The summed E-state index contributed by atoms with van der Waals surface area (Å²) in [7, 11) is 0. The lowest BCUT2D eigenvalue weighted by Gasteiger charge is -2.34. The molecule has 0 fully saturated rings. The van der Waals surface area contributed by atoms with Crippen LogP contribution in [0.4, 0.5) is 11.4 Å². The maximum Gasteiger partial charge on any atom is 0.0713 e. The lowest BCUT2D eigenvalue weighted by atomic mass is 9.68. The first kappa shape index (κ1) is 30.2. The zero-order chi connectivity index (χ0) is 33.9. The van der Waals surface area contributed by atoms with Gasteiger partial charge in [0.25, 0.3) is 0 Å². The highest BCUT2D eigenvalue weighted by Crippen LogP contribution is 2.58. The van der Waals surface area contributed by atoms with E-state index < -0.39 is 5.41 Å². The minimum Gasteiger partial charge on any atom is -0.313 e. The second-order valence-electron chi connectivity index (χ2n) is 13.7. The molecular weight excluding hydrogens is 682 g/mol. The number of anilines is 2. The SMILES string of the molecule is Brc1cccc(-c2ccccc2-c2ccc3c(c2)N(c2ccc4c(c2)-c2ccccc2C4(c2ccccc2)c2ccccc2)C2=CC=CCC23)c1. The average molecular weight is 717 g/mol. The van der Waals surface area contributed by atoms with Gasteiger partial charge in [-0.05, 0) is 104 Å². The molecule has 0 saturated heterocycles. The van der Waals surface area contributed by atoms with Gasteiger partial charge in [0.1, 0.15) is 0 Å². The molecule has 2 aliphatic carbocycles. The van der Waals surface area contributed by atoms with Gasteiger partial charge in [0, 0.05) is 21.8 Å². The molecule has 3 aliphatic rings. The quantitative estimate of drug-likeness (QED) is 0.171. The predicted octanol–water partition coefficient (Wildman–Crippen LogP) is 13.2. The van der Waals surface area contributed by atoms with E-state index in [9.17, 15) is 0 Å². The van der Waals surface area contributed by atoms with E-state index in [1.807, 2.05) is 0 Å². The Balaban J connectivity index is 1.17. The first-order chi connectivity index (χ1) is 25.2. The molecule has 7 aromatic rings. The minimum absolute atomic E-state index is 0.327. The van der Waals surface area contributed by atoms with Crippen LogP contribution in [0.3, 0.4) is 0 Å². The van der Waals surface area contributed by atoms with Crippen molar-refractivity contribution in [1.29, 1.82) is 0 Å². The average Bonchev–Trinajstić information content (AvgIpc) is 3.69. The van der Waals surface area contributed by atoms with Crippen LogP contribution in [0.25, 0.3) is 33.4 Å². The van der Waals surface area contributed by atoms with Crippen LogP contribution in [-0.4, -0.2) is 0 Å². The monoisotopic (exact) mass is 715 g/mol. The molecule has 1 aliphatic heterocycles. The van der Waals surface area contributed by atoms with Crippen molar-refractivity contribution >= 4 is 27.3 Å². The zero-order valence-corrected chi connectivity index (χ0v) is 29.6. The van der Waals surface area contributed by atoms with Crippen molar-refractivity contribution in [2.45, 2.75) is 17.8 Å². The second kappa shape index (κ2) is 12.0. The van der Waals surface area contributed by atoms with Crippen LogP contribution in [-0.2, 0) is 5.41 Å². The molecule has 2 heteroatoms. The maximum atomic E-state index is 3.70. The molecule has 0 bridgehead atoms. The molecule has 0 aromatic heterocycles. The molecule has 1 heterocycles. The lowest BCUT2D eigenvalue weighted by molar-refractivity contribution is 0.768. The Morgan fingerprint density at radius 3 is 1.90 bits per heavy atom. The topological polar surface area (TPSA) is 3.24 Å². The third kappa shape index (κ3) is 4.60. The first-order valence-electron chi connectivity index (χ1n) is 17.7. The number of halogens is 1. The summed E-state index contributed by atoms with van der Waals surface area (Å²) in [5.74, 6) is 0.327. The maximum absolute atomic E-state index is 3.70. The highest BCUT2D eigenvalue weighted by molar-refractivity contribution is 9.10. The number of allylic oxidation sites excluding steroid dienone is 4. The largest absolute Gasteiger partial charge is 0.313 e. The predicted molar refractivity (Wildman–Crippen MR) is 215 cm³/mol. The van der Waals surface area contributed by atoms with E-state index in [1.165, 1.54) is 78.3 Å². The van der Waals surface area contributed by atoms with Gasteiger partial charge in [0.15, 0.2) is 0 Å². The van der Waals surface area contributed by atoms with Crippen LogP contribution in [0, 0.1) is 0 Å². The van der Waals surface area contributed by atoms with Gasteiger partial charge in [0.2, 0.25) is 0 Å². The minimum atomic E-state index is -0.408. The van der Waals surface area contributed by atoms with Gasteiger partial charge in [-0.25, -0.2) is 0 Å². The number of benzene rings is 7. The molecule has 0 radical (unpaired) electrons. The van der Waals surface area contributed by atoms with E-state index in [0.717, 1.165) is 10.9 Å². The fraction of sp³-hybridized carbons (Fsp3) is 0.0612. The summed E-state index contributed by atoms with van der Waals surface area (Å²) in [5.41, 5.74) is 17.5. The Hall–Kier alpha value is -5.70. The van der Waals surface area contributed by atoms with Gasteiger partial charge in [-0.3, -0.25) is 0 Å². The number of hydrogen-bond acceptors (Lipinski definition) is 1. The summed E-state index contributed by atoms with van der Waals surface area (Å²) in [6.07, 6.45) is 7.86. The highest BCUT2D eigenvalue weighted by atomic mass is 79.9. The molecule has 51 heavy (non-hydrogen) atoms. The smallest absolute Gasteiger partial charge is 0.0713 e. The van der Waals surface area contributed by atoms with E-state index in [1.54, 1.807) is 0 Å². The van der Waals surface area contributed by atoms with E-state index >= 15 is 0 Å². The summed E-state index contributed by atoms with van der Waals surface area (Å²) < 4.78 is 1.08. The first-order valence-corrected chi connectivity index (χ1v) is 18.5. The molecule has 0 spiro atoms. The van der Waals surface area contributed by atoms with Crippen molar-refractivity contribution in [3.63, 3.8) is 0 Å². The van der Waals surface area contributed by atoms with Gasteiger partial charge >= 0.3 is 0 Å². The van der Waals surface area contributed by atoms with E-state index in [-0.39, 0.29) is 0 Å². The standard InChI is InChI=1S/C49H34BrN/c50-37-19-13-14-33(30-37)39-20-7-8-21-40(39)34-26-28-43-42-23-10-12-25-47(42)51(48(43)31-34)38-27-29-46-44(32-38)41-22-9-11-24-45(41)49(46,35-15-3-1-4-16-35)36-17-5-2-6-18-36/h1-22,24-32,42H,23H2. The molecule has 0 N–H and O–H groups in total. The van der Waals surface area contributed by atoms with Crippen LogP contribution < -0.4 is 4.90 Å². The third-order valence-electron chi connectivity index (χ3n) is 11.1.